The van der Waals surface area contributed by atoms with E-state index >= 15 is 0 Å². The van der Waals surface area contributed by atoms with Crippen molar-refractivity contribution in [2.24, 2.45) is 0 Å². The van der Waals surface area contributed by atoms with Gasteiger partial charge >= 0.3 is 62.5 Å². The summed E-state index contributed by atoms with van der Waals surface area (Å²) in [6.45, 7) is 2.23. The van der Waals surface area contributed by atoms with Crippen LogP contribution >= 0.6 is 0 Å². The van der Waals surface area contributed by atoms with Gasteiger partial charge in [-0.25, -0.2) is 12.2 Å². The Balaban J connectivity index is 0. The Morgan fingerprint density at radius 1 is 1.14 bits per heavy atom. The Labute approximate surface area is 170 Å². The first-order valence-electron chi connectivity index (χ1n) is 6.62. The number of halogens is 2. The van der Waals surface area contributed by atoms with Crippen LogP contribution in [0.2, 0.25) is 5.76 Å². The first kappa shape index (κ1) is 24.3. The van der Waals surface area contributed by atoms with Crippen molar-refractivity contribution in [1.29, 1.82) is 0 Å². The van der Waals surface area contributed by atoms with Gasteiger partial charge in [-0.15, -0.1) is 36.1 Å². The average Bonchev–Trinajstić information content (AvgIpc) is 2.96. The summed E-state index contributed by atoms with van der Waals surface area (Å²) in [5.74, 6) is 2.37. The van der Waals surface area contributed by atoms with Crippen molar-refractivity contribution < 1.29 is 51.0 Å². The molecular formula is C18H19Cl2GeZr. The van der Waals surface area contributed by atoms with E-state index in [-0.39, 0.29) is 51.0 Å². The third-order valence-corrected chi connectivity index (χ3v) is 7.18. The maximum atomic E-state index is 2.99. The maximum Gasteiger partial charge on any atom is 4.00 e. The number of benzene rings is 1. The van der Waals surface area contributed by atoms with E-state index in [1.165, 1.54) is 10.8 Å². The zero-order valence-electron chi connectivity index (χ0n) is 12.8. The Morgan fingerprint density at radius 2 is 1.77 bits per heavy atom. The zero-order chi connectivity index (χ0) is 13.5. The minimum absolute atomic E-state index is 0. The minimum atomic E-state index is -0.398. The largest absolute Gasteiger partial charge is 4.00 e. The monoisotopic (exact) mass is 469 g/mol. The molecular weight excluding hydrogens is 451 g/mol. The number of fused-ring (bicyclic) bond motifs is 1. The molecule has 0 spiro atoms. The Morgan fingerprint density at radius 3 is 2.18 bits per heavy atom. The van der Waals surface area contributed by atoms with Crippen LogP contribution in [0.15, 0.2) is 70.0 Å². The average molecular weight is 470 g/mol. The van der Waals surface area contributed by atoms with Crippen molar-refractivity contribution in [1.82, 2.24) is 0 Å². The van der Waals surface area contributed by atoms with Crippen LogP contribution in [0, 0.1) is 6.08 Å². The number of hydrogen-bond donors (Lipinski definition) is 0. The summed E-state index contributed by atoms with van der Waals surface area (Å²) >= 11 is -0.398. The summed E-state index contributed by atoms with van der Waals surface area (Å²) in [5.41, 5.74) is 0. The van der Waals surface area contributed by atoms with Crippen LogP contribution in [0.4, 0.5) is 0 Å². The molecule has 1 radical (unpaired) electrons. The van der Waals surface area contributed by atoms with Crippen LogP contribution < -0.4 is 24.8 Å². The SMILES string of the molecule is C[C]1=[CH][Ge]1[CH3].[C-]1=CC=CC1.[Cl-].[Cl-].[Zr+4].c1ccc2[cH-]ccc2c1. The van der Waals surface area contributed by atoms with E-state index in [1.807, 2.05) is 12.2 Å². The molecule has 2 aliphatic rings. The van der Waals surface area contributed by atoms with Gasteiger partial charge in [-0.2, -0.15) is 23.6 Å². The molecule has 0 unspecified atom stereocenters. The van der Waals surface area contributed by atoms with E-state index in [1.54, 1.807) is 4.41 Å². The molecule has 0 N–H and O–H groups in total. The molecule has 22 heavy (non-hydrogen) atoms. The first-order chi connectivity index (χ1) is 9.27. The molecule has 0 amide bonds. The molecule has 113 valence electrons. The first-order valence-corrected chi connectivity index (χ1v) is 11.0. The van der Waals surface area contributed by atoms with Crippen LogP contribution in [0.3, 0.4) is 0 Å². The van der Waals surface area contributed by atoms with Crippen LogP contribution in [-0.4, -0.2) is 14.3 Å². The van der Waals surface area contributed by atoms with Gasteiger partial charge in [0.1, 0.15) is 0 Å². The standard InChI is InChI=1S/C9H7.C5H5.C4H7Ge.2ClH.Zr/c1-2-5-9-7-3-6-8(9)4-1;1-2-4-5-3-1;1-4-3-5(4)2;;;/h1-7H;1-3H,4H2;3H,1-2H3;2*1H;/q2*-1;;;;+4/p-2. The zero-order valence-corrected chi connectivity index (χ0v) is 18.9. The van der Waals surface area contributed by atoms with Gasteiger partial charge in [0.25, 0.3) is 0 Å². The van der Waals surface area contributed by atoms with E-state index in [4.69, 9.17) is 0 Å². The van der Waals surface area contributed by atoms with Crippen LogP contribution in [-0.2, 0) is 26.2 Å². The Kier molecular flexibility index (Phi) is 14.9. The Hall–Kier alpha value is 0.0560. The summed E-state index contributed by atoms with van der Waals surface area (Å²) in [5, 5.41) is 2.66. The van der Waals surface area contributed by atoms with Crippen molar-refractivity contribution >= 4 is 25.1 Å². The minimum Gasteiger partial charge on any atom is -1.00 e. The maximum absolute atomic E-state index is 2.99. The van der Waals surface area contributed by atoms with Crippen molar-refractivity contribution in [3.63, 3.8) is 0 Å². The van der Waals surface area contributed by atoms with Gasteiger partial charge in [-0.3, -0.25) is 6.08 Å². The fourth-order valence-corrected chi connectivity index (χ4v) is 4.48. The second kappa shape index (κ2) is 13.5. The summed E-state index contributed by atoms with van der Waals surface area (Å²) in [6.07, 6.45) is 10.0. The van der Waals surface area contributed by atoms with Crippen LogP contribution in [0.5, 0.6) is 0 Å². The van der Waals surface area contributed by atoms with Crippen molar-refractivity contribution in [3.8, 4) is 0 Å². The number of allylic oxidation sites excluding steroid dienone is 5. The van der Waals surface area contributed by atoms with E-state index in [0.717, 1.165) is 6.42 Å². The topological polar surface area (TPSA) is 0 Å². The second-order valence-electron chi connectivity index (χ2n) is 4.67. The number of hydrogen-bond acceptors (Lipinski definition) is 0. The summed E-state index contributed by atoms with van der Waals surface area (Å²) in [7, 11) is 0. The molecule has 0 nitrogen and oxygen atoms in total. The molecule has 0 fully saturated rings. The van der Waals surface area contributed by atoms with Crippen molar-refractivity contribution in [3.05, 3.63) is 76.1 Å². The summed E-state index contributed by atoms with van der Waals surface area (Å²) < 4.78 is 1.71. The number of rotatable bonds is 0. The predicted molar refractivity (Wildman–Crippen MR) is 86.5 cm³/mol. The van der Waals surface area contributed by atoms with Crippen LogP contribution in [0.1, 0.15) is 13.3 Å². The fourth-order valence-electron chi connectivity index (χ4n) is 1.70. The molecule has 4 heteroatoms. The normalized spacial score (nSPS) is 13.3. The molecule has 1 heterocycles. The van der Waals surface area contributed by atoms with Gasteiger partial charge in [-0.05, 0) is 0 Å². The van der Waals surface area contributed by atoms with Gasteiger partial charge < -0.3 is 24.8 Å². The smallest absolute Gasteiger partial charge is 1.00 e. The van der Waals surface area contributed by atoms with Crippen molar-refractivity contribution in [2.45, 2.75) is 19.1 Å². The molecule has 0 bridgehead atoms. The van der Waals surface area contributed by atoms with Gasteiger partial charge in [0.2, 0.25) is 0 Å². The third kappa shape index (κ3) is 9.25. The van der Waals surface area contributed by atoms with Crippen molar-refractivity contribution in [2.75, 3.05) is 0 Å². The van der Waals surface area contributed by atoms with Gasteiger partial charge in [-0.1, -0.05) is 6.07 Å². The van der Waals surface area contributed by atoms with Crippen LogP contribution in [0.25, 0.3) is 10.8 Å². The molecule has 2 aromatic carbocycles. The Bertz CT molecular complexity index is 574. The molecule has 0 saturated heterocycles. The molecule has 1 aliphatic carbocycles. The second-order valence-corrected chi connectivity index (χ2v) is 9.79. The van der Waals surface area contributed by atoms with E-state index in [9.17, 15) is 0 Å². The summed E-state index contributed by atoms with van der Waals surface area (Å²) in [6, 6.07) is 14.7. The van der Waals surface area contributed by atoms with E-state index in [0.29, 0.717) is 0 Å². The predicted octanol–water partition coefficient (Wildman–Crippen LogP) is -0.981. The fraction of sp³-hybridized carbons (Fsp3) is 0.167. The van der Waals surface area contributed by atoms with E-state index < -0.39 is 14.3 Å². The van der Waals surface area contributed by atoms with Gasteiger partial charge in [0.15, 0.2) is 0 Å². The molecule has 0 saturated carbocycles. The van der Waals surface area contributed by atoms with E-state index in [2.05, 4.69) is 72.2 Å². The quantitative estimate of drug-likeness (QED) is 0.344. The van der Waals surface area contributed by atoms with Gasteiger partial charge in [0.05, 0.1) is 0 Å². The molecule has 1 aliphatic heterocycles. The summed E-state index contributed by atoms with van der Waals surface area (Å²) in [4.78, 5) is 2.42. The molecule has 0 atom stereocenters. The third-order valence-electron chi connectivity index (χ3n) is 3.11. The molecule has 4 rings (SSSR count). The molecule has 0 aromatic heterocycles. The molecule has 2 aromatic rings. The van der Waals surface area contributed by atoms with Gasteiger partial charge in [0, 0.05) is 0 Å².